The number of rotatable bonds is 6. The first kappa shape index (κ1) is 13.3. The van der Waals surface area contributed by atoms with E-state index in [9.17, 15) is 4.79 Å². The average Bonchev–Trinajstić information content (AvgIpc) is 3.03. The first-order valence-corrected chi connectivity index (χ1v) is 5.96. The highest BCUT2D eigenvalue weighted by molar-refractivity contribution is 5.76. The molecule has 1 amide bonds. The molecule has 7 nitrogen and oxygen atoms in total. The summed E-state index contributed by atoms with van der Waals surface area (Å²) in [5.74, 6) is 1.09. The van der Waals surface area contributed by atoms with Gasteiger partial charge in [0.1, 0.15) is 0 Å². The molecule has 102 valence electrons. The molecule has 2 aromatic heterocycles. The van der Waals surface area contributed by atoms with Gasteiger partial charge >= 0.3 is 0 Å². The lowest BCUT2D eigenvalue weighted by molar-refractivity contribution is -0.121. The predicted octanol–water partition coefficient (Wildman–Crippen LogP) is 0.759. The van der Waals surface area contributed by atoms with Crippen molar-refractivity contribution in [1.29, 1.82) is 0 Å². The molecule has 0 aliphatic heterocycles. The molecule has 2 aromatic rings. The van der Waals surface area contributed by atoms with Crippen LogP contribution in [0.2, 0.25) is 0 Å². The minimum Gasteiger partial charge on any atom is -0.461 e. The van der Waals surface area contributed by atoms with Gasteiger partial charge in [0.05, 0.1) is 12.4 Å². The molecule has 2 heterocycles. The molecular weight excluding hydrogens is 250 g/mol. The number of carbonyl (C=O) groups excluding carboxylic acids is 1. The fourth-order valence-corrected chi connectivity index (χ4v) is 1.43. The highest BCUT2D eigenvalue weighted by Crippen LogP contribution is 2.16. The molecule has 0 radical (unpaired) electrons. The maximum absolute atomic E-state index is 11.4. The van der Waals surface area contributed by atoms with Gasteiger partial charge in [-0.25, -0.2) is 0 Å². The van der Waals surface area contributed by atoms with Crippen LogP contribution in [0.5, 0.6) is 0 Å². The number of aryl methyl sites for hydroxylation is 1. The molecule has 0 saturated heterocycles. The van der Waals surface area contributed by atoms with Gasteiger partial charge in [0, 0.05) is 19.4 Å². The normalized spacial score (nSPS) is 12.3. The van der Waals surface area contributed by atoms with Gasteiger partial charge in [-0.2, -0.15) is 4.98 Å². The van der Waals surface area contributed by atoms with Crippen LogP contribution in [0.3, 0.4) is 0 Å². The number of nitrogens with one attached hydrogen (secondary N) is 1. The molecule has 0 aliphatic rings. The largest absolute Gasteiger partial charge is 0.461 e. The van der Waals surface area contributed by atoms with Crippen molar-refractivity contribution in [2.75, 3.05) is 6.54 Å². The molecule has 0 aliphatic carbocycles. The van der Waals surface area contributed by atoms with Crippen molar-refractivity contribution in [2.24, 2.45) is 0 Å². The molecule has 0 saturated carbocycles. The second-order valence-electron chi connectivity index (χ2n) is 4.14. The summed E-state index contributed by atoms with van der Waals surface area (Å²) in [6.45, 7) is 1.84. The maximum atomic E-state index is 11.4. The van der Waals surface area contributed by atoms with Crippen LogP contribution in [0.4, 0.5) is 0 Å². The van der Waals surface area contributed by atoms with Gasteiger partial charge in [-0.3, -0.25) is 4.79 Å². The lowest BCUT2D eigenvalue weighted by atomic mass is 10.3. The Labute approximate surface area is 109 Å². The molecule has 0 fully saturated rings. The predicted molar refractivity (Wildman–Crippen MR) is 65.0 cm³/mol. The van der Waals surface area contributed by atoms with Crippen molar-refractivity contribution in [2.45, 2.75) is 25.9 Å². The SMILES string of the molecule is CC(O)CNC(=O)CCc1nc(-c2ccco2)no1. The smallest absolute Gasteiger partial charge is 0.238 e. The van der Waals surface area contributed by atoms with Gasteiger partial charge in [-0.1, -0.05) is 5.16 Å². The number of aliphatic hydroxyl groups is 1. The Balaban J connectivity index is 1.82. The summed E-state index contributed by atoms with van der Waals surface area (Å²) in [4.78, 5) is 15.5. The van der Waals surface area contributed by atoms with Gasteiger partial charge in [0.2, 0.25) is 17.6 Å². The summed E-state index contributed by atoms with van der Waals surface area (Å²) in [5, 5.41) is 15.4. The monoisotopic (exact) mass is 265 g/mol. The summed E-state index contributed by atoms with van der Waals surface area (Å²) in [7, 11) is 0. The topological polar surface area (TPSA) is 101 Å². The van der Waals surface area contributed by atoms with Crippen LogP contribution in [0.25, 0.3) is 11.6 Å². The molecule has 0 spiro atoms. The van der Waals surface area contributed by atoms with Crippen molar-refractivity contribution in [1.82, 2.24) is 15.5 Å². The molecular formula is C12H15N3O4. The summed E-state index contributed by atoms with van der Waals surface area (Å²) in [6, 6.07) is 3.46. The first-order chi connectivity index (χ1) is 9.15. The van der Waals surface area contributed by atoms with E-state index >= 15 is 0 Å². The Hall–Kier alpha value is -2.15. The number of nitrogens with zero attached hydrogens (tertiary/aromatic N) is 2. The third-order valence-electron chi connectivity index (χ3n) is 2.37. The van der Waals surface area contributed by atoms with E-state index in [2.05, 4.69) is 15.5 Å². The van der Waals surface area contributed by atoms with Gasteiger partial charge < -0.3 is 19.4 Å². The minimum atomic E-state index is -0.557. The molecule has 1 unspecified atom stereocenters. The van der Waals surface area contributed by atoms with E-state index in [1.165, 1.54) is 6.26 Å². The highest BCUT2D eigenvalue weighted by atomic mass is 16.5. The van der Waals surface area contributed by atoms with Crippen LogP contribution in [0, 0.1) is 0 Å². The molecule has 0 bridgehead atoms. The average molecular weight is 265 g/mol. The zero-order valence-electron chi connectivity index (χ0n) is 10.5. The van der Waals surface area contributed by atoms with Crippen molar-refractivity contribution < 1.29 is 18.8 Å². The van der Waals surface area contributed by atoms with Crippen molar-refractivity contribution in [3.63, 3.8) is 0 Å². The molecule has 2 N–H and O–H groups in total. The molecule has 19 heavy (non-hydrogen) atoms. The summed E-state index contributed by atoms with van der Waals surface area (Å²) < 4.78 is 10.1. The number of amides is 1. The maximum Gasteiger partial charge on any atom is 0.238 e. The molecule has 0 aromatic carbocycles. The summed E-state index contributed by atoms with van der Waals surface area (Å²) in [6.07, 6.45) is 1.54. The third kappa shape index (κ3) is 3.92. The fourth-order valence-electron chi connectivity index (χ4n) is 1.43. The Bertz CT molecular complexity index is 519. The van der Waals surface area contributed by atoms with E-state index in [1.807, 2.05) is 0 Å². The number of hydrogen-bond donors (Lipinski definition) is 2. The van der Waals surface area contributed by atoms with Crippen molar-refractivity contribution >= 4 is 5.91 Å². The standard InChI is InChI=1S/C12H15N3O4/c1-8(16)7-13-10(17)4-5-11-14-12(15-19-11)9-3-2-6-18-9/h2-3,6,8,16H,4-5,7H2,1H3,(H,13,17). The van der Waals surface area contributed by atoms with Crippen molar-refractivity contribution in [3.8, 4) is 11.6 Å². The number of furan rings is 1. The third-order valence-corrected chi connectivity index (χ3v) is 2.37. The van der Waals surface area contributed by atoms with Crippen LogP contribution < -0.4 is 5.32 Å². The Morgan fingerprint density at radius 3 is 3.11 bits per heavy atom. The van der Waals surface area contributed by atoms with E-state index in [0.29, 0.717) is 23.9 Å². The van der Waals surface area contributed by atoms with Crippen LogP contribution in [-0.2, 0) is 11.2 Å². The van der Waals surface area contributed by atoms with Gasteiger partial charge in [-0.05, 0) is 19.1 Å². The van der Waals surface area contributed by atoms with E-state index in [-0.39, 0.29) is 18.9 Å². The van der Waals surface area contributed by atoms with Crippen LogP contribution in [0.1, 0.15) is 19.2 Å². The van der Waals surface area contributed by atoms with Crippen molar-refractivity contribution in [3.05, 3.63) is 24.3 Å². The molecule has 7 heteroatoms. The van der Waals surface area contributed by atoms with Crippen LogP contribution in [0.15, 0.2) is 27.3 Å². The number of aromatic nitrogens is 2. The number of hydrogen-bond acceptors (Lipinski definition) is 6. The number of carbonyl (C=O) groups is 1. The lowest BCUT2D eigenvalue weighted by Crippen LogP contribution is -2.30. The number of aliphatic hydroxyl groups excluding tert-OH is 1. The minimum absolute atomic E-state index is 0.168. The van der Waals surface area contributed by atoms with Gasteiger partial charge in [0.15, 0.2) is 5.76 Å². The molecule has 1 atom stereocenters. The highest BCUT2D eigenvalue weighted by Gasteiger charge is 2.12. The summed E-state index contributed by atoms with van der Waals surface area (Å²) in [5.41, 5.74) is 0. The Kier molecular flexibility index (Phi) is 4.30. The van der Waals surface area contributed by atoms with Crippen LogP contribution in [-0.4, -0.2) is 33.8 Å². The Morgan fingerprint density at radius 2 is 2.42 bits per heavy atom. The van der Waals surface area contributed by atoms with E-state index in [0.717, 1.165) is 0 Å². The summed E-state index contributed by atoms with van der Waals surface area (Å²) >= 11 is 0. The zero-order chi connectivity index (χ0) is 13.7. The quantitative estimate of drug-likeness (QED) is 0.799. The fraction of sp³-hybridized carbons (Fsp3) is 0.417. The Morgan fingerprint density at radius 1 is 1.58 bits per heavy atom. The van der Waals surface area contributed by atoms with Gasteiger partial charge in [0.25, 0.3) is 0 Å². The van der Waals surface area contributed by atoms with E-state index in [4.69, 9.17) is 14.0 Å². The lowest BCUT2D eigenvalue weighted by Gasteiger charge is -2.05. The van der Waals surface area contributed by atoms with E-state index < -0.39 is 6.10 Å². The van der Waals surface area contributed by atoms with Gasteiger partial charge in [-0.15, -0.1) is 0 Å². The zero-order valence-corrected chi connectivity index (χ0v) is 10.5. The first-order valence-electron chi connectivity index (χ1n) is 5.96. The molecule has 2 rings (SSSR count). The second-order valence-corrected chi connectivity index (χ2v) is 4.14. The van der Waals surface area contributed by atoms with Crippen LogP contribution >= 0.6 is 0 Å². The second kappa shape index (κ2) is 6.14. The van der Waals surface area contributed by atoms with E-state index in [1.54, 1.807) is 19.1 Å².